The minimum Gasteiger partial charge on any atom is -0.295 e. The Bertz CT molecular complexity index is 518. The summed E-state index contributed by atoms with van der Waals surface area (Å²) in [6, 6.07) is 2.98. The number of Topliss-reactive ketones (excluding diaryl/α,β-unsaturated/α-hetero) is 1. The van der Waals surface area contributed by atoms with Crippen molar-refractivity contribution < 1.29 is 13.2 Å². The van der Waals surface area contributed by atoms with Crippen LogP contribution in [0.1, 0.15) is 28.4 Å². The molecule has 15 heavy (non-hydrogen) atoms. The fraction of sp³-hybridized carbons (Fsp3) is 0.300. The van der Waals surface area contributed by atoms with E-state index in [1.165, 1.54) is 13.0 Å². The Hall–Kier alpha value is -1.20. The molecule has 0 radical (unpaired) electrons. The van der Waals surface area contributed by atoms with Gasteiger partial charge in [-0.15, -0.1) is 0 Å². The molecule has 4 nitrogen and oxygen atoms in total. The van der Waals surface area contributed by atoms with Gasteiger partial charge in [-0.05, 0) is 44.0 Å². The minimum absolute atomic E-state index is 0.0210. The van der Waals surface area contributed by atoms with Crippen molar-refractivity contribution in [1.29, 1.82) is 0 Å². The van der Waals surface area contributed by atoms with Crippen LogP contribution in [0.4, 0.5) is 0 Å². The Kier molecular flexibility index (Phi) is 2.97. The number of sulfonamides is 1. The number of ketones is 1. The molecule has 1 aromatic carbocycles. The molecule has 0 saturated heterocycles. The highest BCUT2D eigenvalue weighted by molar-refractivity contribution is 7.89. The molecule has 0 amide bonds. The van der Waals surface area contributed by atoms with Gasteiger partial charge in [-0.2, -0.15) is 0 Å². The fourth-order valence-electron chi connectivity index (χ4n) is 1.33. The molecule has 0 atom stereocenters. The zero-order valence-electron chi connectivity index (χ0n) is 8.87. The lowest BCUT2D eigenvalue weighted by Gasteiger charge is -2.08. The lowest BCUT2D eigenvalue weighted by atomic mass is 10.0. The lowest BCUT2D eigenvalue weighted by molar-refractivity contribution is 0.101. The van der Waals surface area contributed by atoms with Gasteiger partial charge in [0.15, 0.2) is 5.78 Å². The van der Waals surface area contributed by atoms with E-state index in [1.54, 1.807) is 19.9 Å². The van der Waals surface area contributed by atoms with Crippen LogP contribution in [-0.4, -0.2) is 14.2 Å². The van der Waals surface area contributed by atoms with Gasteiger partial charge in [0, 0.05) is 5.56 Å². The Labute approximate surface area is 89.2 Å². The van der Waals surface area contributed by atoms with Gasteiger partial charge in [0.2, 0.25) is 10.0 Å². The first-order valence-electron chi connectivity index (χ1n) is 4.38. The summed E-state index contributed by atoms with van der Waals surface area (Å²) in [6.45, 7) is 4.80. The second-order valence-corrected chi connectivity index (χ2v) is 5.05. The number of rotatable bonds is 2. The molecule has 0 aromatic heterocycles. The average molecular weight is 227 g/mol. The second-order valence-electron chi connectivity index (χ2n) is 3.52. The van der Waals surface area contributed by atoms with E-state index >= 15 is 0 Å². The van der Waals surface area contributed by atoms with Crippen LogP contribution in [0.3, 0.4) is 0 Å². The van der Waals surface area contributed by atoms with Crippen molar-refractivity contribution in [2.45, 2.75) is 25.7 Å². The van der Waals surface area contributed by atoms with Gasteiger partial charge in [-0.3, -0.25) is 4.79 Å². The number of hydrogen-bond donors (Lipinski definition) is 1. The highest BCUT2D eigenvalue weighted by Crippen LogP contribution is 2.20. The minimum atomic E-state index is -3.76. The molecule has 0 aliphatic heterocycles. The van der Waals surface area contributed by atoms with Crippen LogP contribution >= 0.6 is 0 Å². The smallest absolute Gasteiger partial charge is 0.238 e. The van der Waals surface area contributed by atoms with E-state index in [1.807, 2.05) is 0 Å². The third-order valence-electron chi connectivity index (χ3n) is 2.33. The van der Waals surface area contributed by atoms with Crippen LogP contribution in [0.5, 0.6) is 0 Å². The zero-order valence-corrected chi connectivity index (χ0v) is 9.68. The van der Waals surface area contributed by atoms with Crippen LogP contribution < -0.4 is 5.14 Å². The summed E-state index contributed by atoms with van der Waals surface area (Å²) < 4.78 is 22.5. The van der Waals surface area contributed by atoms with Crippen LogP contribution in [0, 0.1) is 13.8 Å². The first-order chi connectivity index (χ1) is 6.73. The highest BCUT2D eigenvalue weighted by atomic mass is 32.2. The number of aryl methyl sites for hydroxylation is 1. The van der Waals surface area contributed by atoms with E-state index < -0.39 is 10.0 Å². The molecule has 1 rings (SSSR count). The molecule has 1 aromatic rings. The van der Waals surface area contributed by atoms with E-state index in [-0.39, 0.29) is 10.7 Å². The number of carbonyl (C=O) groups excluding carboxylic acids is 1. The molecule has 82 valence electrons. The molecule has 0 saturated carbocycles. The Morgan fingerprint density at radius 2 is 1.80 bits per heavy atom. The Morgan fingerprint density at radius 3 is 2.20 bits per heavy atom. The number of nitrogens with two attached hydrogens (primary N) is 1. The monoisotopic (exact) mass is 227 g/mol. The normalized spacial score (nSPS) is 11.5. The molecule has 2 N–H and O–H groups in total. The molecular formula is C10H13NO3S. The summed E-state index contributed by atoms with van der Waals surface area (Å²) in [5.41, 5.74) is 1.69. The molecule has 0 aliphatic rings. The van der Waals surface area contributed by atoms with Crippen LogP contribution in [0.2, 0.25) is 0 Å². The first kappa shape index (κ1) is 11.9. The maximum atomic E-state index is 11.2. The standard InChI is InChI=1S/C10H13NO3S/c1-6-4-9(8(3)12)5-10(7(6)2)15(11,13)14/h4-5H,1-3H3,(H2,11,13,14). The molecular weight excluding hydrogens is 214 g/mol. The molecule has 5 heteroatoms. The van der Waals surface area contributed by atoms with Gasteiger partial charge in [0.25, 0.3) is 0 Å². The summed E-state index contributed by atoms with van der Waals surface area (Å²) >= 11 is 0. The molecule has 0 aliphatic carbocycles. The Balaban J connectivity index is 3.59. The summed E-state index contributed by atoms with van der Waals surface area (Å²) in [7, 11) is -3.76. The van der Waals surface area contributed by atoms with Crippen molar-refractivity contribution in [3.63, 3.8) is 0 Å². The van der Waals surface area contributed by atoms with Gasteiger partial charge in [0.05, 0.1) is 4.90 Å². The lowest BCUT2D eigenvalue weighted by Crippen LogP contribution is -2.15. The SMILES string of the molecule is CC(=O)c1cc(C)c(C)c(S(N)(=O)=O)c1. The third kappa shape index (κ3) is 2.43. The van der Waals surface area contributed by atoms with Gasteiger partial charge < -0.3 is 0 Å². The number of primary sulfonamides is 1. The third-order valence-corrected chi connectivity index (χ3v) is 3.37. The highest BCUT2D eigenvalue weighted by Gasteiger charge is 2.15. The number of hydrogen-bond acceptors (Lipinski definition) is 3. The van der Waals surface area contributed by atoms with Crippen molar-refractivity contribution in [2.24, 2.45) is 5.14 Å². The van der Waals surface area contributed by atoms with Gasteiger partial charge in [0.1, 0.15) is 0 Å². The van der Waals surface area contributed by atoms with Crippen molar-refractivity contribution in [1.82, 2.24) is 0 Å². The predicted octanol–water partition coefficient (Wildman–Crippen LogP) is 1.15. The van der Waals surface area contributed by atoms with E-state index in [2.05, 4.69) is 0 Å². The average Bonchev–Trinajstić information content (AvgIpc) is 2.06. The topological polar surface area (TPSA) is 77.2 Å². The molecule has 0 heterocycles. The van der Waals surface area contributed by atoms with E-state index in [4.69, 9.17) is 5.14 Å². The largest absolute Gasteiger partial charge is 0.295 e. The molecule has 0 spiro atoms. The summed E-state index contributed by atoms with van der Waals surface area (Å²) in [5.74, 6) is -0.178. The van der Waals surface area contributed by atoms with Crippen molar-refractivity contribution in [2.75, 3.05) is 0 Å². The number of benzene rings is 1. The quantitative estimate of drug-likeness (QED) is 0.770. The first-order valence-corrected chi connectivity index (χ1v) is 5.93. The second kappa shape index (κ2) is 3.75. The summed E-state index contributed by atoms with van der Waals surface area (Å²) in [6.07, 6.45) is 0. The van der Waals surface area contributed by atoms with Crippen molar-refractivity contribution in [3.8, 4) is 0 Å². The van der Waals surface area contributed by atoms with Crippen molar-refractivity contribution in [3.05, 3.63) is 28.8 Å². The number of carbonyl (C=O) groups is 1. The van der Waals surface area contributed by atoms with E-state index in [0.717, 1.165) is 5.56 Å². The van der Waals surface area contributed by atoms with E-state index in [9.17, 15) is 13.2 Å². The Morgan fingerprint density at radius 1 is 1.27 bits per heavy atom. The fourth-order valence-corrected chi connectivity index (χ4v) is 2.20. The van der Waals surface area contributed by atoms with Gasteiger partial charge in [-0.1, -0.05) is 0 Å². The van der Waals surface area contributed by atoms with Crippen molar-refractivity contribution >= 4 is 15.8 Å². The predicted molar refractivity (Wildman–Crippen MR) is 57.3 cm³/mol. The van der Waals surface area contributed by atoms with Crippen LogP contribution in [0.25, 0.3) is 0 Å². The van der Waals surface area contributed by atoms with Crippen LogP contribution in [-0.2, 0) is 10.0 Å². The van der Waals surface area contributed by atoms with Gasteiger partial charge >= 0.3 is 0 Å². The van der Waals surface area contributed by atoms with Gasteiger partial charge in [-0.25, -0.2) is 13.6 Å². The van der Waals surface area contributed by atoms with E-state index in [0.29, 0.717) is 11.1 Å². The maximum Gasteiger partial charge on any atom is 0.238 e. The maximum absolute atomic E-state index is 11.2. The molecule has 0 unspecified atom stereocenters. The molecule has 0 fully saturated rings. The summed E-state index contributed by atoms with van der Waals surface area (Å²) in [4.78, 5) is 11.2. The zero-order chi connectivity index (χ0) is 11.8. The molecule has 0 bridgehead atoms. The summed E-state index contributed by atoms with van der Waals surface area (Å²) in [5, 5.41) is 5.06. The van der Waals surface area contributed by atoms with Crippen LogP contribution in [0.15, 0.2) is 17.0 Å².